The summed E-state index contributed by atoms with van der Waals surface area (Å²) in [4.78, 5) is 37.5. The van der Waals surface area contributed by atoms with Crippen molar-refractivity contribution in [1.82, 2.24) is 10.2 Å². The van der Waals surface area contributed by atoms with E-state index in [0.717, 1.165) is 12.8 Å². The largest absolute Gasteiger partial charge is 0.481 e. The molecule has 1 aliphatic carbocycles. The summed E-state index contributed by atoms with van der Waals surface area (Å²) < 4.78 is 5.53. The minimum absolute atomic E-state index is 0.00877. The molecule has 1 fully saturated rings. The van der Waals surface area contributed by atoms with Gasteiger partial charge in [0.2, 0.25) is 5.91 Å². The van der Waals surface area contributed by atoms with Gasteiger partial charge in [0, 0.05) is 32.0 Å². The van der Waals surface area contributed by atoms with Crippen molar-refractivity contribution < 1.29 is 24.2 Å². The summed E-state index contributed by atoms with van der Waals surface area (Å²) in [6.07, 6.45) is 2.75. The van der Waals surface area contributed by atoms with E-state index < -0.39 is 17.5 Å². The minimum atomic E-state index is -0.845. The Balaban J connectivity index is 1.13. The minimum Gasteiger partial charge on any atom is -0.481 e. The standard InChI is InChI=1S/C27H32N2O5/c1-27(25(31)32)14-16-29(18-27)24(30)13-3-2-8-15-28-26(33)34-17-23-21-11-6-4-9-19(21)20-10-5-7-12-22(20)23/h4-7,9-12,23H,2-3,8,13-18H2,1H3,(H,28,33)(H,31,32). The van der Waals surface area contributed by atoms with E-state index in [2.05, 4.69) is 29.6 Å². The third-order valence-corrected chi connectivity index (χ3v) is 7.02. The summed E-state index contributed by atoms with van der Waals surface area (Å²) in [7, 11) is 0. The number of carbonyl (C=O) groups is 3. The summed E-state index contributed by atoms with van der Waals surface area (Å²) in [6, 6.07) is 16.5. The van der Waals surface area contributed by atoms with Crippen molar-refractivity contribution in [1.29, 1.82) is 0 Å². The van der Waals surface area contributed by atoms with Gasteiger partial charge in [-0.2, -0.15) is 0 Å². The Labute approximate surface area is 200 Å². The average molecular weight is 465 g/mol. The van der Waals surface area contributed by atoms with E-state index in [1.165, 1.54) is 22.3 Å². The molecule has 7 nitrogen and oxygen atoms in total. The van der Waals surface area contributed by atoms with E-state index in [4.69, 9.17) is 4.74 Å². The van der Waals surface area contributed by atoms with Crippen molar-refractivity contribution >= 4 is 18.0 Å². The Kier molecular flexibility index (Phi) is 7.20. The van der Waals surface area contributed by atoms with Crippen molar-refractivity contribution in [2.75, 3.05) is 26.2 Å². The molecule has 180 valence electrons. The van der Waals surface area contributed by atoms with Crippen molar-refractivity contribution in [2.24, 2.45) is 5.41 Å². The number of carbonyl (C=O) groups excluding carboxylic acids is 2. The third-order valence-electron chi connectivity index (χ3n) is 7.02. The normalized spacial score (nSPS) is 18.9. The number of rotatable bonds is 9. The van der Waals surface area contributed by atoms with Crippen LogP contribution in [0, 0.1) is 5.41 Å². The highest BCUT2D eigenvalue weighted by atomic mass is 16.5. The molecular formula is C27H32N2O5. The zero-order valence-corrected chi connectivity index (χ0v) is 19.6. The van der Waals surface area contributed by atoms with Crippen LogP contribution in [-0.4, -0.2) is 54.2 Å². The molecule has 1 unspecified atom stereocenters. The van der Waals surface area contributed by atoms with E-state index in [0.29, 0.717) is 39.0 Å². The van der Waals surface area contributed by atoms with E-state index in [9.17, 15) is 19.5 Å². The maximum absolute atomic E-state index is 12.3. The summed E-state index contributed by atoms with van der Waals surface area (Å²) in [6.45, 7) is 3.26. The molecular weight excluding hydrogens is 432 g/mol. The molecule has 2 aromatic rings. The first-order valence-corrected chi connectivity index (χ1v) is 12.0. The van der Waals surface area contributed by atoms with Crippen LogP contribution in [0.3, 0.4) is 0 Å². The molecule has 2 aromatic carbocycles. The van der Waals surface area contributed by atoms with Crippen LogP contribution in [0.1, 0.15) is 56.1 Å². The Morgan fingerprint density at radius 1 is 1.03 bits per heavy atom. The molecule has 4 rings (SSSR count). The molecule has 0 radical (unpaired) electrons. The fourth-order valence-electron chi connectivity index (χ4n) is 4.92. The lowest BCUT2D eigenvalue weighted by atomic mass is 9.90. The van der Waals surface area contributed by atoms with E-state index >= 15 is 0 Å². The first-order valence-electron chi connectivity index (χ1n) is 12.0. The Morgan fingerprint density at radius 2 is 1.68 bits per heavy atom. The third kappa shape index (κ3) is 5.08. The molecule has 0 spiro atoms. The smallest absolute Gasteiger partial charge is 0.407 e. The van der Waals surface area contributed by atoms with Crippen LogP contribution in [0.5, 0.6) is 0 Å². The topological polar surface area (TPSA) is 95.9 Å². The van der Waals surface area contributed by atoms with Crippen molar-refractivity contribution in [3.8, 4) is 11.1 Å². The number of unbranched alkanes of at least 4 members (excludes halogenated alkanes) is 2. The first kappa shape index (κ1) is 23.8. The fraction of sp³-hybridized carbons (Fsp3) is 0.444. The number of fused-ring (bicyclic) bond motifs is 3. The maximum atomic E-state index is 12.3. The number of ether oxygens (including phenoxy) is 1. The van der Waals surface area contributed by atoms with Gasteiger partial charge in [0.15, 0.2) is 0 Å². The molecule has 0 aromatic heterocycles. The van der Waals surface area contributed by atoms with Crippen molar-refractivity contribution in [2.45, 2.75) is 44.9 Å². The highest BCUT2D eigenvalue weighted by Crippen LogP contribution is 2.44. The zero-order valence-electron chi connectivity index (χ0n) is 19.6. The Hall–Kier alpha value is -3.35. The van der Waals surface area contributed by atoms with Gasteiger partial charge in [-0.1, -0.05) is 55.0 Å². The molecule has 1 heterocycles. The lowest BCUT2D eigenvalue weighted by Gasteiger charge is -2.20. The number of nitrogens with one attached hydrogen (secondary N) is 1. The summed E-state index contributed by atoms with van der Waals surface area (Å²) >= 11 is 0. The number of hydrogen-bond donors (Lipinski definition) is 2. The highest BCUT2D eigenvalue weighted by molar-refractivity contribution is 5.80. The lowest BCUT2D eigenvalue weighted by Crippen LogP contribution is -2.34. The number of carboxylic acids is 1. The maximum Gasteiger partial charge on any atom is 0.407 e. The van der Waals surface area contributed by atoms with Gasteiger partial charge in [-0.25, -0.2) is 4.79 Å². The Morgan fingerprint density at radius 3 is 2.29 bits per heavy atom. The van der Waals surface area contributed by atoms with Crippen molar-refractivity contribution in [3.05, 3.63) is 59.7 Å². The molecule has 2 N–H and O–H groups in total. The van der Waals surface area contributed by atoms with Crippen LogP contribution in [-0.2, 0) is 14.3 Å². The van der Waals surface area contributed by atoms with Gasteiger partial charge in [-0.3, -0.25) is 9.59 Å². The molecule has 0 bridgehead atoms. The molecule has 2 amide bonds. The quantitative estimate of drug-likeness (QED) is 0.536. The van der Waals surface area contributed by atoms with Gasteiger partial charge in [0.25, 0.3) is 0 Å². The van der Waals surface area contributed by atoms with Crippen LogP contribution in [0.4, 0.5) is 4.79 Å². The number of nitrogens with zero attached hydrogens (tertiary/aromatic N) is 1. The van der Waals surface area contributed by atoms with E-state index in [1.54, 1.807) is 11.8 Å². The van der Waals surface area contributed by atoms with Gasteiger partial charge < -0.3 is 20.1 Å². The van der Waals surface area contributed by atoms with Crippen LogP contribution >= 0.6 is 0 Å². The van der Waals surface area contributed by atoms with Crippen LogP contribution in [0.2, 0.25) is 0 Å². The van der Waals surface area contributed by atoms with Gasteiger partial charge in [0.05, 0.1) is 5.41 Å². The lowest BCUT2D eigenvalue weighted by molar-refractivity contribution is -0.147. The summed E-state index contributed by atoms with van der Waals surface area (Å²) in [5.41, 5.74) is 3.93. The zero-order chi connectivity index (χ0) is 24.1. The summed E-state index contributed by atoms with van der Waals surface area (Å²) in [5.74, 6) is -0.797. The second kappa shape index (κ2) is 10.3. The predicted molar refractivity (Wildman–Crippen MR) is 128 cm³/mol. The van der Waals surface area contributed by atoms with Crippen molar-refractivity contribution in [3.63, 3.8) is 0 Å². The molecule has 2 aliphatic rings. The predicted octanol–water partition coefficient (Wildman–Crippen LogP) is 4.41. The number of benzene rings is 2. The van der Waals surface area contributed by atoms with Gasteiger partial charge in [0.1, 0.15) is 6.61 Å². The molecule has 34 heavy (non-hydrogen) atoms. The summed E-state index contributed by atoms with van der Waals surface area (Å²) in [5, 5.41) is 12.1. The van der Waals surface area contributed by atoms with Crippen LogP contribution in [0.15, 0.2) is 48.5 Å². The van der Waals surface area contributed by atoms with Crippen LogP contribution < -0.4 is 5.32 Å². The van der Waals surface area contributed by atoms with E-state index in [1.807, 2.05) is 24.3 Å². The molecule has 1 atom stereocenters. The highest BCUT2D eigenvalue weighted by Gasteiger charge is 2.41. The van der Waals surface area contributed by atoms with Gasteiger partial charge in [-0.05, 0) is 48.4 Å². The average Bonchev–Trinajstić information content (AvgIpc) is 3.39. The second-order valence-electron chi connectivity index (χ2n) is 9.49. The Bertz CT molecular complexity index is 1020. The number of hydrogen-bond acceptors (Lipinski definition) is 4. The first-order chi connectivity index (χ1) is 16.4. The monoisotopic (exact) mass is 464 g/mol. The van der Waals surface area contributed by atoms with Gasteiger partial charge >= 0.3 is 12.1 Å². The molecule has 0 saturated carbocycles. The number of likely N-dealkylation sites (tertiary alicyclic amines) is 1. The molecule has 1 saturated heterocycles. The molecule has 1 aliphatic heterocycles. The van der Waals surface area contributed by atoms with E-state index in [-0.39, 0.29) is 18.4 Å². The SMILES string of the molecule is CC1(C(=O)O)CCN(C(=O)CCCCCNC(=O)OCC2c3ccccc3-c3ccccc32)C1. The fourth-order valence-corrected chi connectivity index (χ4v) is 4.92. The van der Waals surface area contributed by atoms with Gasteiger partial charge in [-0.15, -0.1) is 0 Å². The number of amides is 2. The van der Waals surface area contributed by atoms with Crippen LogP contribution in [0.25, 0.3) is 11.1 Å². The molecule has 7 heteroatoms. The number of carboxylic acid groups (broad SMARTS) is 1. The number of aliphatic carboxylic acids is 1. The number of alkyl carbamates (subject to hydrolysis) is 1. The second-order valence-corrected chi connectivity index (χ2v) is 9.49.